The minimum absolute atomic E-state index is 0.00619. The number of alkyl halides is 3. The van der Waals surface area contributed by atoms with Gasteiger partial charge in [0.15, 0.2) is 11.3 Å². The quantitative estimate of drug-likeness (QED) is 0.649. The van der Waals surface area contributed by atoms with Gasteiger partial charge in [0.25, 0.3) is 5.91 Å². The third-order valence-electron chi connectivity index (χ3n) is 4.17. The van der Waals surface area contributed by atoms with Gasteiger partial charge in [0.1, 0.15) is 11.4 Å². The molecule has 3 aromatic rings. The first-order valence-electron chi connectivity index (χ1n) is 8.00. The Balaban J connectivity index is 1.74. The predicted molar refractivity (Wildman–Crippen MR) is 91.0 cm³/mol. The zero-order valence-corrected chi connectivity index (χ0v) is 14.3. The lowest BCUT2D eigenvalue weighted by Crippen LogP contribution is -2.16. The summed E-state index contributed by atoms with van der Waals surface area (Å²) in [5.74, 6) is -1.02. The van der Waals surface area contributed by atoms with Crippen LogP contribution in [0.25, 0.3) is 5.65 Å². The summed E-state index contributed by atoms with van der Waals surface area (Å²) in [6.07, 6.45) is -3.07. The number of benzene rings is 1. The van der Waals surface area contributed by atoms with Gasteiger partial charge in [-0.1, -0.05) is 11.6 Å². The van der Waals surface area contributed by atoms with Crippen molar-refractivity contribution in [1.82, 2.24) is 14.6 Å². The number of anilines is 1. The smallest absolute Gasteiger partial charge is 0.433 e. The van der Waals surface area contributed by atoms with Crippen LogP contribution in [0, 0.1) is 0 Å². The summed E-state index contributed by atoms with van der Waals surface area (Å²) in [5.41, 5.74) is -0.951. The molecule has 1 saturated carbocycles. The molecule has 0 spiro atoms. The molecule has 2 heterocycles. The van der Waals surface area contributed by atoms with Crippen LogP contribution in [-0.4, -0.2) is 25.6 Å². The standard InChI is InChI=1S/C17H12ClF3N4O2/c18-9-3-4-13(26)11(5-9)23-16(27)12-7-15-22-10(8-1-2-8)6-14(17(19,20)21)25(15)24-12/h3-8,26H,1-2H2,(H,23,27). The summed E-state index contributed by atoms with van der Waals surface area (Å²) in [6, 6.07) is 6.18. The average molecular weight is 397 g/mol. The maximum Gasteiger partial charge on any atom is 0.433 e. The first-order valence-corrected chi connectivity index (χ1v) is 8.38. The van der Waals surface area contributed by atoms with Gasteiger partial charge >= 0.3 is 6.18 Å². The zero-order chi connectivity index (χ0) is 19.3. The molecule has 1 amide bonds. The number of rotatable bonds is 3. The van der Waals surface area contributed by atoms with Gasteiger partial charge in [0.2, 0.25) is 0 Å². The molecule has 0 unspecified atom stereocenters. The van der Waals surface area contributed by atoms with Crippen molar-refractivity contribution in [3.05, 3.63) is 52.4 Å². The number of aromatic hydroxyl groups is 1. The Hall–Kier alpha value is -2.81. The molecule has 1 fully saturated rings. The number of carbonyl (C=O) groups is 1. The highest BCUT2D eigenvalue weighted by molar-refractivity contribution is 6.31. The summed E-state index contributed by atoms with van der Waals surface area (Å²) in [5, 5.41) is 16.2. The first kappa shape index (κ1) is 17.6. The molecule has 2 N–H and O–H groups in total. The summed E-state index contributed by atoms with van der Waals surface area (Å²) in [6.45, 7) is 0. The van der Waals surface area contributed by atoms with E-state index in [1.54, 1.807) is 0 Å². The van der Waals surface area contributed by atoms with Gasteiger partial charge < -0.3 is 10.4 Å². The van der Waals surface area contributed by atoms with Gasteiger partial charge in [0.05, 0.1) is 5.69 Å². The summed E-state index contributed by atoms with van der Waals surface area (Å²) >= 11 is 5.82. The predicted octanol–water partition coefficient (Wildman–Crippen LogP) is 4.24. The molecule has 1 aromatic carbocycles. The molecule has 1 aliphatic rings. The number of nitrogens with one attached hydrogen (secondary N) is 1. The number of phenols is 1. The molecule has 2 aromatic heterocycles. The molecule has 140 valence electrons. The van der Waals surface area contributed by atoms with E-state index in [0.717, 1.165) is 18.9 Å². The van der Waals surface area contributed by atoms with Crippen LogP contribution in [0.2, 0.25) is 5.02 Å². The van der Waals surface area contributed by atoms with Crippen molar-refractivity contribution in [2.24, 2.45) is 0 Å². The number of phenolic OH excluding ortho intramolecular Hbond substituents is 1. The van der Waals surface area contributed by atoms with Crippen LogP contribution in [0.5, 0.6) is 5.75 Å². The number of carbonyl (C=O) groups excluding carboxylic acids is 1. The van der Waals surface area contributed by atoms with E-state index < -0.39 is 17.8 Å². The van der Waals surface area contributed by atoms with Crippen LogP contribution in [-0.2, 0) is 6.18 Å². The van der Waals surface area contributed by atoms with E-state index in [4.69, 9.17) is 11.6 Å². The van der Waals surface area contributed by atoms with Gasteiger partial charge in [0, 0.05) is 22.7 Å². The second-order valence-electron chi connectivity index (χ2n) is 6.25. The van der Waals surface area contributed by atoms with Gasteiger partial charge in [-0.3, -0.25) is 4.79 Å². The molecular formula is C17H12ClF3N4O2. The molecule has 10 heteroatoms. The first-order chi connectivity index (χ1) is 12.7. The highest BCUT2D eigenvalue weighted by atomic mass is 35.5. The van der Waals surface area contributed by atoms with Crippen LogP contribution in [0.15, 0.2) is 30.3 Å². The SMILES string of the molecule is O=C(Nc1cc(Cl)ccc1O)c1cc2nc(C3CC3)cc(C(F)(F)F)n2n1. The zero-order valence-electron chi connectivity index (χ0n) is 13.6. The molecule has 0 aliphatic heterocycles. The Morgan fingerprint density at radius 1 is 1.26 bits per heavy atom. The Bertz CT molecular complexity index is 1060. The van der Waals surface area contributed by atoms with Crippen LogP contribution >= 0.6 is 11.6 Å². The number of hydrogen-bond donors (Lipinski definition) is 2. The van der Waals surface area contributed by atoms with E-state index in [-0.39, 0.29) is 33.7 Å². The fraction of sp³-hybridized carbons (Fsp3) is 0.235. The number of nitrogens with zero attached hydrogens (tertiary/aromatic N) is 3. The molecule has 0 radical (unpaired) electrons. The summed E-state index contributed by atoms with van der Waals surface area (Å²) in [7, 11) is 0. The molecule has 0 atom stereocenters. The molecule has 6 nitrogen and oxygen atoms in total. The van der Waals surface area contributed by atoms with E-state index in [2.05, 4.69) is 15.4 Å². The molecule has 0 saturated heterocycles. The normalized spacial score (nSPS) is 14.5. The van der Waals surface area contributed by atoms with E-state index >= 15 is 0 Å². The van der Waals surface area contributed by atoms with E-state index in [0.29, 0.717) is 10.2 Å². The van der Waals surface area contributed by atoms with Gasteiger partial charge in [-0.15, -0.1) is 0 Å². The highest BCUT2D eigenvalue weighted by Crippen LogP contribution is 2.41. The van der Waals surface area contributed by atoms with Gasteiger partial charge in [-0.2, -0.15) is 18.3 Å². The largest absolute Gasteiger partial charge is 0.506 e. The van der Waals surface area contributed by atoms with Crippen LogP contribution < -0.4 is 5.32 Å². The number of aromatic nitrogens is 3. The highest BCUT2D eigenvalue weighted by Gasteiger charge is 2.37. The van der Waals surface area contributed by atoms with Crippen molar-refractivity contribution < 1.29 is 23.1 Å². The van der Waals surface area contributed by atoms with Crippen molar-refractivity contribution in [3.63, 3.8) is 0 Å². The Kier molecular flexibility index (Phi) is 3.99. The fourth-order valence-corrected chi connectivity index (χ4v) is 2.86. The maximum atomic E-state index is 13.4. The lowest BCUT2D eigenvalue weighted by molar-refractivity contribution is -0.142. The molecule has 27 heavy (non-hydrogen) atoms. The minimum Gasteiger partial charge on any atom is -0.506 e. The topological polar surface area (TPSA) is 79.5 Å². The second-order valence-corrected chi connectivity index (χ2v) is 6.69. The van der Waals surface area contributed by atoms with Crippen molar-refractivity contribution in [3.8, 4) is 5.75 Å². The molecular weight excluding hydrogens is 385 g/mol. The van der Waals surface area contributed by atoms with Crippen molar-refractivity contribution in [2.75, 3.05) is 5.32 Å². The van der Waals surface area contributed by atoms with Crippen molar-refractivity contribution in [1.29, 1.82) is 0 Å². The van der Waals surface area contributed by atoms with Crippen LogP contribution in [0.4, 0.5) is 18.9 Å². The Morgan fingerprint density at radius 3 is 2.67 bits per heavy atom. The third-order valence-corrected chi connectivity index (χ3v) is 4.41. The van der Waals surface area contributed by atoms with E-state index in [1.807, 2.05) is 0 Å². The lowest BCUT2D eigenvalue weighted by atomic mass is 10.2. The van der Waals surface area contributed by atoms with Crippen LogP contribution in [0.3, 0.4) is 0 Å². The minimum atomic E-state index is -4.64. The number of fused-ring (bicyclic) bond motifs is 1. The third kappa shape index (κ3) is 3.42. The van der Waals surface area contributed by atoms with E-state index in [9.17, 15) is 23.1 Å². The fourth-order valence-electron chi connectivity index (χ4n) is 2.69. The van der Waals surface area contributed by atoms with Crippen LogP contribution in [0.1, 0.15) is 40.6 Å². The van der Waals surface area contributed by atoms with Gasteiger partial charge in [-0.25, -0.2) is 9.50 Å². The Morgan fingerprint density at radius 2 is 2.00 bits per heavy atom. The Labute approximate surface area is 155 Å². The molecule has 0 bridgehead atoms. The monoisotopic (exact) mass is 396 g/mol. The number of halogens is 4. The molecule has 1 aliphatic carbocycles. The number of amides is 1. The average Bonchev–Trinajstić information content (AvgIpc) is 3.35. The van der Waals surface area contributed by atoms with Gasteiger partial charge in [-0.05, 0) is 37.1 Å². The van der Waals surface area contributed by atoms with E-state index in [1.165, 1.54) is 24.3 Å². The summed E-state index contributed by atoms with van der Waals surface area (Å²) in [4.78, 5) is 16.6. The maximum absolute atomic E-state index is 13.4. The van der Waals surface area contributed by atoms with Crippen molar-refractivity contribution >= 4 is 28.8 Å². The summed E-state index contributed by atoms with van der Waals surface area (Å²) < 4.78 is 40.8. The second kappa shape index (κ2) is 6.12. The molecule has 4 rings (SSSR count). The lowest BCUT2D eigenvalue weighted by Gasteiger charge is -2.10. The van der Waals surface area contributed by atoms with Crippen molar-refractivity contribution in [2.45, 2.75) is 24.9 Å². The number of hydrogen-bond acceptors (Lipinski definition) is 4.